The number of ether oxygens (including phenoxy) is 2. The van der Waals surface area contributed by atoms with Crippen LogP contribution < -0.4 is 0 Å². The molecule has 1 aliphatic heterocycles. The van der Waals surface area contributed by atoms with E-state index in [1.165, 1.54) is 0 Å². The van der Waals surface area contributed by atoms with Gasteiger partial charge in [-0.2, -0.15) is 0 Å². The van der Waals surface area contributed by atoms with E-state index < -0.39 is 0 Å². The van der Waals surface area contributed by atoms with Crippen LogP contribution in [-0.2, 0) is 9.47 Å². The summed E-state index contributed by atoms with van der Waals surface area (Å²) in [6, 6.07) is 7.57. The first-order valence-corrected chi connectivity index (χ1v) is 6.31. The Labute approximate surface area is 106 Å². The second-order valence-electron chi connectivity index (χ2n) is 4.16. The minimum atomic E-state index is -0.345. The van der Waals surface area contributed by atoms with E-state index >= 15 is 0 Å². The second-order valence-corrected chi connectivity index (χ2v) is 4.57. The number of rotatable bonds is 5. The summed E-state index contributed by atoms with van der Waals surface area (Å²) in [5.74, 6) is 0. The molecule has 0 saturated carbocycles. The summed E-state index contributed by atoms with van der Waals surface area (Å²) in [7, 11) is 0. The van der Waals surface area contributed by atoms with Gasteiger partial charge in [0.2, 0.25) is 0 Å². The molecule has 0 aromatic heterocycles. The third-order valence-corrected chi connectivity index (χ3v) is 3.19. The number of hydrogen-bond donors (Lipinski definition) is 1. The van der Waals surface area contributed by atoms with Crippen molar-refractivity contribution in [3.63, 3.8) is 0 Å². The molecule has 1 fully saturated rings. The van der Waals surface area contributed by atoms with E-state index in [0.29, 0.717) is 11.6 Å². The van der Waals surface area contributed by atoms with Gasteiger partial charge in [-0.05, 0) is 25.3 Å². The van der Waals surface area contributed by atoms with Gasteiger partial charge in [-0.1, -0.05) is 29.8 Å². The molecule has 0 spiro atoms. The van der Waals surface area contributed by atoms with Gasteiger partial charge in [0, 0.05) is 17.2 Å². The molecular formula is C13H17ClO3. The monoisotopic (exact) mass is 256 g/mol. The third-order valence-electron chi connectivity index (χ3n) is 2.84. The predicted octanol–water partition coefficient (Wildman–Crippen LogP) is 2.92. The summed E-state index contributed by atoms with van der Waals surface area (Å²) in [4.78, 5) is 0. The lowest BCUT2D eigenvalue weighted by atomic mass is 10.2. The van der Waals surface area contributed by atoms with Gasteiger partial charge < -0.3 is 14.6 Å². The topological polar surface area (TPSA) is 38.7 Å². The standard InChI is InChI=1S/C13H17ClO3/c14-12-7-2-1-6-11(12)13-16-9-10(17-13)5-3-4-8-15/h1-2,6-7,10,13,15H,3-5,8-9H2/t10-,13+/m0/s1. The van der Waals surface area contributed by atoms with E-state index in [1.54, 1.807) is 0 Å². The van der Waals surface area contributed by atoms with Crippen LogP contribution >= 0.6 is 11.6 Å². The SMILES string of the molecule is OCCCC[C@H]1CO[C@@H](c2ccccc2Cl)O1. The van der Waals surface area contributed by atoms with E-state index in [2.05, 4.69) is 0 Å². The summed E-state index contributed by atoms with van der Waals surface area (Å²) < 4.78 is 11.4. The van der Waals surface area contributed by atoms with Crippen LogP contribution in [0.4, 0.5) is 0 Å². The normalized spacial score (nSPS) is 24.1. The maximum Gasteiger partial charge on any atom is 0.185 e. The Balaban J connectivity index is 1.87. The van der Waals surface area contributed by atoms with Crippen molar-refractivity contribution < 1.29 is 14.6 Å². The zero-order valence-electron chi connectivity index (χ0n) is 9.64. The maximum atomic E-state index is 8.72. The van der Waals surface area contributed by atoms with E-state index in [0.717, 1.165) is 24.8 Å². The van der Waals surface area contributed by atoms with Crippen molar-refractivity contribution in [1.29, 1.82) is 0 Å². The van der Waals surface area contributed by atoms with Crippen LogP contribution in [0.1, 0.15) is 31.1 Å². The molecule has 0 aliphatic carbocycles. The van der Waals surface area contributed by atoms with Crippen molar-refractivity contribution in [3.05, 3.63) is 34.9 Å². The molecule has 0 bridgehead atoms. The smallest absolute Gasteiger partial charge is 0.185 e. The molecule has 0 radical (unpaired) electrons. The highest BCUT2D eigenvalue weighted by Gasteiger charge is 2.27. The highest BCUT2D eigenvalue weighted by Crippen LogP contribution is 2.32. The van der Waals surface area contributed by atoms with Crippen LogP contribution in [0.2, 0.25) is 5.02 Å². The number of aliphatic hydroxyl groups excluding tert-OH is 1. The number of benzene rings is 1. The average molecular weight is 257 g/mol. The lowest BCUT2D eigenvalue weighted by molar-refractivity contribution is -0.0613. The van der Waals surface area contributed by atoms with Crippen molar-refractivity contribution in [2.45, 2.75) is 31.7 Å². The van der Waals surface area contributed by atoms with E-state index in [1.807, 2.05) is 24.3 Å². The van der Waals surface area contributed by atoms with Crippen LogP contribution in [0, 0.1) is 0 Å². The number of unbranched alkanes of at least 4 members (excludes halogenated alkanes) is 1. The fourth-order valence-corrected chi connectivity index (χ4v) is 2.14. The van der Waals surface area contributed by atoms with Gasteiger partial charge in [-0.15, -0.1) is 0 Å². The molecule has 1 aliphatic rings. The van der Waals surface area contributed by atoms with Crippen molar-refractivity contribution >= 4 is 11.6 Å². The Hall–Kier alpha value is -0.610. The van der Waals surface area contributed by atoms with Crippen molar-refractivity contribution in [3.8, 4) is 0 Å². The molecule has 1 aromatic carbocycles. The van der Waals surface area contributed by atoms with Crippen LogP contribution in [0.3, 0.4) is 0 Å². The minimum absolute atomic E-state index is 0.114. The molecule has 4 heteroatoms. The van der Waals surface area contributed by atoms with Gasteiger partial charge >= 0.3 is 0 Å². The number of aliphatic hydroxyl groups is 1. The Morgan fingerprint density at radius 1 is 1.29 bits per heavy atom. The quantitative estimate of drug-likeness (QED) is 0.824. The fraction of sp³-hybridized carbons (Fsp3) is 0.538. The Bertz CT molecular complexity index is 356. The third kappa shape index (κ3) is 3.42. The molecule has 1 saturated heterocycles. The first-order valence-electron chi connectivity index (χ1n) is 5.93. The highest BCUT2D eigenvalue weighted by atomic mass is 35.5. The summed E-state index contributed by atoms with van der Waals surface area (Å²) in [6.07, 6.45) is 2.46. The van der Waals surface area contributed by atoms with Crippen LogP contribution in [0.5, 0.6) is 0 Å². The number of halogens is 1. The van der Waals surface area contributed by atoms with Crippen LogP contribution in [-0.4, -0.2) is 24.4 Å². The summed E-state index contributed by atoms with van der Waals surface area (Å²) >= 11 is 6.09. The Morgan fingerprint density at radius 2 is 2.12 bits per heavy atom. The zero-order chi connectivity index (χ0) is 12.1. The molecular weight excluding hydrogens is 240 g/mol. The largest absolute Gasteiger partial charge is 0.396 e. The predicted molar refractivity (Wildman–Crippen MR) is 66.0 cm³/mol. The molecule has 0 unspecified atom stereocenters. The van der Waals surface area contributed by atoms with Gasteiger partial charge in [0.05, 0.1) is 12.7 Å². The van der Waals surface area contributed by atoms with Gasteiger partial charge in [0.15, 0.2) is 6.29 Å². The molecule has 2 rings (SSSR count). The molecule has 1 heterocycles. The molecule has 3 nitrogen and oxygen atoms in total. The molecule has 17 heavy (non-hydrogen) atoms. The average Bonchev–Trinajstić information content (AvgIpc) is 2.79. The van der Waals surface area contributed by atoms with Crippen molar-refractivity contribution in [1.82, 2.24) is 0 Å². The molecule has 2 atom stereocenters. The van der Waals surface area contributed by atoms with Gasteiger partial charge in [-0.3, -0.25) is 0 Å². The lowest BCUT2D eigenvalue weighted by Crippen LogP contribution is -2.09. The van der Waals surface area contributed by atoms with Crippen molar-refractivity contribution in [2.75, 3.05) is 13.2 Å². The summed E-state index contributed by atoms with van der Waals surface area (Å²) in [6.45, 7) is 0.836. The number of hydrogen-bond acceptors (Lipinski definition) is 3. The van der Waals surface area contributed by atoms with Crippen LogP contribution in [0.25, 0.3) is 0 Å². The van der Waals surface area contributed by atoms with Gasteiger partial charge in [0.25, 0.3) is 0 Å². The molecule has 94 valence electrons. The van der Waals surface area contributed by atoms with E-state index in [-0.39, 0.29) is 19.0 Å². The summed E-state index contributed by atoms with van der Waals surface area (Å²) in [5.41, 5.74) is 0.888. The fourth-order valence-electron chi connectivity index (χ4n) is 1.91. The van der Waals surface area contributed by atoms with Crippen LogP contribution in [0.15, 0.2) is 24.3 Å². The molecule has 1 N–H and O–H groups in total. The van der Waals surface area contributed by atoms with Gasteiger partial charge in [0.1, 0.15) is 0 Å². The maximum absolute atomic E-state index is 8.72. The molecule has 1 aromatic rings. The second kappa shape index (κ2) is 6.36. The highest BCUT2D eigenvalue weighted by molar-refractivity contribution is 6.31. The lowest BCUT2D eigenvalue weighted by Gasteiger charge is -2.12. The Kier molecular flexibility index (Phi) is 4.80. The molecule has 0 amide bonds. The zero-order valence-corrected chi connectivity index (χ0v) is 10.4. The Morgan fingerprint density at radius 3 is 2.88 bits per heavy atom. The van der Waals surface area contributed by atoms with E-state index in [9.17, 15) is 0 Å². The van der Waals surface area contributed by atoms with Crippen molar-refractivity contribution in [2.24, 2.45) is 0 Å². The summed E-state index contributed by atoms with van der Waals surface area (Å²) in [5, 5.41) is 9.39. The first-order chi connectivity index (χ1) is 8.31. The first kappa shape index (κ1) is 12.8. The van der Waals surface area contributed by atoms with Gasteiger partial charge in [-0.25, -0.2) is 0 Å². The minimum Gasteiger partial charge on any atom is -0.396 e. The van der Waals surface area contributed by atoms with E-state index in [4.69, 9.17) is 26.2 Å².